The quantitative estimate of drug-likeness (QED) is 0.601. The summed E-state index contributed by atoms with van der Waals surface area (Å²) in [5.74, 6) is 0.874. The van der Waals surface area contributed by atoms with Crippen LogP contribution in [0.25, 0.3) is 0 Å². The molecule has 0 aliphatic carbocycles. The molecule has 1 atom stereocenters. The van der Waals surface area contributed by atoms with Gasteiger partial charge >= 0.3 is 0 Å². The van der Waals surface area contributed by atoms with Crippen LogP contribution in [0.4, 0.5) is 5.69 Å². The van der Waals surface area contributed by atoms with Gasteiger partial charge in [0.15, 0.2) is 5.82 Å². The number of benzene rings is 2. The van der Waals surface area contributed by atoms with Gasteiger partial charge in [0.25, 0.3) is 0 Å². The minimum Gasteiger partial charge on any atom is -0.383 e. The number of aromatic nitrogens is 4. The van der Waals surface area contributed by atoms with Gasteiger partial charge in [-0.05, 0) is 47.0 Å². The number of nitrogens with zero attached hydrogens (tertiary/aromatic N) is 6. The van der Waals surface area contributed by atoms with Gasteiger partial charge in [-0.3, -0.25) is 4.90 Å². The first kappa shape index (κ1) is 20.5. The van der Waals surface area contributed by atoms with Crippen molar-refractivity contribution in [3.63, 3.8) is 0 Å². The van der Waals surface area contributed by atoms with Crippen LogP contribution < -0.4 is 4.90 Å². The number of hydrogen-bond acceptors (Lipinski definition) is 6. The van der Waals surface area contributed by atoms with E-state index in [0.717, 1.165) is 32.0 Å². The normalized spacial score (nSPS) is 16.0. The van der Waals surface area contributed by atoms with Crippen LogP contribution in [0.3, 0.4) is 0 Å². The first-order valence-corrected chi connectivity index (χ1v) is 10.5. The van der Waals surface area contributed by atoms with E-state index in [1.54, 1.807) is 7.11 Å². The molecule has 1 aliphatic heterocycles. The lowest BCUT2D eigenvalue weighted by atomic mass is 10.0. The molecule has 2 heterocycles. The van der Waals surface area contributed by atoms with E-state index in [2.05, 4.69) is 81.6 Å². The van der Waals surface area contributed by atoms with Gasteiger partial charge in [-0.2, -0.15) is 0 Å². The highest BCUT2D eigenvalue weighted by Gasteiger charge is 2.30. The molecule has 0 saturated carbocycles. The van der Waals surface area contributed by atoms with E-state index in [-0.39, 0.29) is 6.04 Å². The number of aryl methyl sites for hydroxylation is 2. The van der Waals surface area contributed by atoms with Crippen molar-refractivity contribution in [2.45, 2.75) is 26.4 Å². The standard InChI is InChI=1S/C23H30N6O/c1-18-9-10-19(2)21(17-18)27-11-13-28(14-12-27)22(20-7-5-4-6-8-20)23-24-25-26-29(23)15-16-30-3/h4-10,17,22H,11-16H2,1-3H3. The second-order valence-electron chi connectivity index (χ2n) is 7.88. The highest BCUT2D eigenvalue weighted by Crippen LogP contribution is 2.30. The molecule has 0 amide bonds. The van der Waals surface area contributed by atoms with Crippen molar-refractivity contribution in [1.29, 1.82) is 0 Å². The van der Waals surface area contributed by atoms with Crippen LogP contribution in [0.5, 0.6) is 0 Å². The Labute approximate surface area is 178 Å². The van der Waals surface area contributed by atoms with Crippen LogP contribution in [-0.2, 0) is 11.3 Å². The second kappa shape index (κ2) is 9.36. The molecule has 0 radical (unpaired) electrons. The van der Waals surface area contributed by atoms with Gasteiger partial charge in [-0.1, -0.05) is 42.5 Å². The van der Waals surface area contributed by atoms with Crippen LogP contribution in [0, 0.1) is 13.8 Å². The van der Waals surface area contributed by atoms with E-state index >= 15 is 0 Å². The summed E-state index contributed by atoms with van der Waals surface area (Å²) in [6.07, 6.45) is 0. The van der Waals surface area contributed by atoms with Gasteiger partial charge in [0.05, 0.1) is 19.2 Å². The van der Waals surface area contributed by atoms with Gasteiger partial charge in [-0.25, -0.2) is 4.68 Å². The minimum atomic E-state index is 0.0267. The Morgan fingerprint density at radius 2 is 1.77 bits per heavy atom. The van der Waals surface area contributed by atoms with E-state index in [1.807, 2.05) is 10.7 Å². The molecule has 1 saturated heterocycles. The van der Waals surface area contributed by atoms with Crippen LogP contribution in [0.1, 0.15) is 28.6 Å². The van der Waals surface area contributed by atoms with Gasteiger partial charge in [0.2, 0.25) is 0 Å². The van der Waals surface area contributed by atoms with Crippen LogP contribution in [-0.4, -0.2) is 65.0 Å². The van der Waals surface area contributed by atoms with Crippen molar-refractivity contribution >= 4 is 5.69 Å². The molecule has 0 spiro atoms. The number of anilines is 1. The fourth-order valence-corrected chi connectivity index (χ4v) is 4.18. The fourth-order valence-electron chi connectivity index (χ4n) is 4.18. The molecule has 1 unspecified atom stereocenters. The summed E-state index contributed by atoms with van der Waals surface area (Å²) in [7, 11) is 1.70. The number of piperazine rings is 1. The molecule has 3 aromatic rings. The van der Waals surface area contributed by atoms with Crippen LogP contribution in [0.15, 0.2) is 48.5 Å². The van der Waals surface area contributed by atoms with Gasteiger partial charge in [0.1, 0.15) is 0 Å². The summed E-state index contributed by atoms with van der Waals surface area (Å²) in [6, 6.07) is 17.3. The van der Waals surface area contributed by atoms with Crippen LogP contribution in [0.2, 0.25) is 0 Å². The van der Waals surface area contributed by atoms with Crippen molar-refractivity contribution in [3.05, 3.63) is 71.0 Å². The zero-order valence-corrected chi connectivity index (χ0v) is 18.0. The molecule has 7 nitrogen and oxygen atoms in total. The molecule has 7 heteroatoms. The molecule has 1 fully saturated rings. The van der Waals surface area contributed by atoms with E-state index in [4.69, 9.17) is 4.74 Å². The first-order chi connectivity index (χ1) is 14.7. The summed E-state index contributed by atoms with van der Waals surface area (Å²) in [5.41, 5.74) is 5.19. The molecule has 4 rings (SSSR count). The number of rotatable bonds is 7. The Morgan fingerprint density at radius 3 is 2.50 bits per heavy atom. The monoisotopic (exact) mass is 406 g/mol. The smallest absolute Gasteiger partial charge is 0.173 e. The Hall–Kier alpha value is -2.77. The highest BCUT2D eigenvalue weighted by atomic mass is 16.5. The van der Waals surface area contributed by atoms with Crippen molar-refractivity contribution in [2.24, 2.45) is 0 Å². The van der Waals surface area contributed by atoms with E-state index in [9.17, 15) is 0 Å². The second-order valence-corrected chi connectivity index (χ2v) is 7.88. The summed E-state index contributed by atoms with van der Waals surface area (Å²) in [4.78, 5) is 4.99. The fraction of sp³-hybridized carbons (Fsp3) is 0.435. The molecule has 158 valence electrons. The average molecular weight is 407 g/mol. The minimum absolute atomic E-state index is 0.0267. The largest absolute Gasteiger partial charge is 0.383 e. The third-order valence-electron chi connectivity index (χ3n) is 5.81. The van der Waals surface area contributed by atoms with Gasteiger partial charge < -0.3 is 9.64 Å². The Morgan fingerprint density at radius 1 is 1.00 bits per heavy atom. The molecular weight excluding hydrogens is 376 g/mol. The lowest BCUT2D eigenvalue weighted by Crippen LogP contribution is -2.48. The van der Waals surface area contributed by atoms with Crippen LogP contribution >= 0.6 is 0 Å². The lowest BCUT2D eigenvalue weighted by Gasteiger charge is -2.40. The molecule has 30 heavy (non-hydrogen) atoms. The third-order valence-corrected chi connectivity index (χ3v) is 5.81. The predicted molar refractivity (Wildman–Crippen MR) is 118 cm³/mol. The number of hydrogen-bond donors (Lipinski definition) is 0. The van der Waals surface area contributed by atoms with Crippen molar-refractivity contribution in [3.8, 4) is 0 Å². The van der Waals surface area contributed by atoms with E-state index in [1.165, 1.54) is 22.4 Å². The Bertz CT molecular complexity index is 949. The van der Waals surface area contributed by atoms with Crippen molar-refractivity contribution < 1.29 is 4.74 Å². The SMILES string of the molecule is COCCn1nnnc1C(c1ccccc1)N1CCN(c2cc(C)ccc2C)CC1. The number of tetrazole rings is 1. The summed E-state index contributed by atoms with van der Waals surface area (Å²) < 4.78 is 7.12. The number of methoxy groups -OCH3 is 1. The Kier molecular flexibility index (Phi) is 6.40. The predicted octanol–water partition coefficient (Wildman–Crippen LogP) is 2.85. The zero-order valence-electron chi connectivity index (χ0n) is 18.0. The summed E-state index contributed by atoms with van der Waals surface area (Å²) in [6.45, 7) is 9.43. The molecular formula is C23H30N6O. The Balaban J connectivity index is 1.57. The maximum Gasteiger partial charge on any atom is 0.173 e. The molecule has 0 N–H and O–H groups in total. The van der Waals surface area contributed by atoms with Crippen molar-refractivity contribution in [2.75, 3.05) is 44.8 Å². The first-order valence-electron chi connectivity index (χ1n) is 10.5. The molecule has 0 bridgehead atoms. The topological polar surface area (TPSA) is 59.3 Å². The maximum atomic E-state index is 5.25. The van der Waals surface area contributed by atoms with E-state index < -0.39 is 0 Å². The van der Waals surface area contributed by atoms with Gasteiger partial charge in [-0.15, -0.1) is 5.10 Å². The average Bonchev–Trinajstić information content (AvgIpc) is 3.23. The van der Waals surface area contributed by atoms with E-state index in [0.29, 0.717) is 13.2 Å². The number of ether oxygens (including phenoxy) is 1. The molecule has 1 aliphatic rings. The highest BCUT2D eigenvalue weighted by molar-refractivity contribution is 5.55. The maximum absolute atomic E-state index is 5.25. The third kappa shape index (κ3) is 4.37. The van der Waals surface area contributed by atoms with Crippen molar-refractivity contribution in [1.82, 2.24) is 25.1 Å². The molecule has 1 aromatic heterocycles. The summed E-state index contributed by atoms with van der Waals surface area (Å²) in [5, 5.41) is 12.6. The summed E-state index contributed by atoms with van der Waals surface area (Å²) >= 11 is 0. The molecule has 2 aromatic carbocycles. The van der Waals surface area contributed by atoms with Gasteiger partial charge in [0, 0.05) is 39.0 Å². The lowest BCUT2D eigenvalue weighted by molar-refractivity contribution is 0.171. The zero-order chi connectivity index (χ0) is 20.9.